The van der Waals surface area contributed by atoms with Crippen LogP contribution in [0.2, 0.25) is 0 Å². The highest BCUT2D eigenvalue weighted by atomic mass is 19.1. The maximum atomic E-state index is 12.6. The number of carbonyl (C=O) groups is 1. The van der Waals surface area contributed by atoms with Gasteiger partial charge in [0, 0.05) is 13.0 Å². The van der Waals surface area contributed by atoms with Crippen LogP contribution in [0.3, 0.4) is 0 Å². The van der Waals surface area contributed by atoms with E-state index < -0.39 is 0 Å². The van der Waals surface area contributed by atoms with Crippen LogP contribution in [-0.2, 0) is 4.79 Å². The van der Waals surface area contributed by atoms with Crippen LogP contribution >= 0.6 is 0 Å². The lowest BCUT2D eigenvalue weighted by atomic mass is 10.3. The molecule has 0 saturated carbocycles. The molecule has 98 valence electrons. The molecule has 0 radical (unpaired) electrons. The first-order chi connectivity index (χ1) is 8.72. The number of hydrogen-bond donors (Lipinski definition) is 1. The second-order valence-electron chi connectivity index (χ2n) is 3.83. The number of halogens is 1. The molecule has 0 saturated heterocycles. The maximum absolute atomic E-state index is 12.6. The van der Waals surface area contributed by atoms with Gasteiger partial charge in [-0.3, -0.25) is 4.79 Å². The third-order valence-corrected chi connectivity index (χ3v) is 2.30. The Morgan fingerprint density at radius 1 is 1.39 bits per heavy atom. The van der Waals surface area contributed by atoms with Gasteiger partial charge >= 0.3 is 0 Å². The Morgan fingerprint density at radius 2 is 2.11 bits per heavy atom. The van der Waals surface area contributed by atoms with Crippen molar-refractivity contribution >= 4 is 5.91 Å². The normalized spacial score (nSPS) is 9.83. The summed E-state index contributed by atoms with van der Waals surface area (Å²) in [6.45, 7) is 4.65. The molecule has 0 fully saturated rings. The van der Waals surface area contributed by atoms with E-state index in [1.165, 1.54) is 12.1 Å². The van der Waals surface area contributed by atoms with Gasteiger partial charge in [0.25, 0.3) is 0 Å². The average Bonchev–Trinajstić information content (AvgIpc) is 2.37. The van der Waals surface area contributed by atoms with Crippen molar-refractivity contribution in [3.05, 3.63) is 42.7 Å². The Balaban J connectivity index is 2.09. The first kappa shape index (κ1) is 14.2. The fourth-order valence-electron chi connectivity index (χ4n) is 1.36. The number of carbonyl (C=O) groups excluding carboxylic acids is 1. The van der Waals surface area contributed by atoms with E-state index in [1.807, 2.05) is 0 Å². The summed E-state index contributed by atoms with van der Waals surface area (Å²) in [4.78, 5) is 11.3. The SMILES string of the molecule is C=CCCNC(=O)CCCOc1ccc(F)cc1. The van der Waals surface area contributed by atoms with Crippen LogP contribution in [0.25, 0.3) is 0 Å². The Morgan fingerprint density at radius 3 is 2.78 bits per heavy atom. The molecule has 0 aliphatic rings. The van der Waals surface area contributed by atoms with Crippen molar-refractivity contribution in [3.63, 3.8) is 0 Å². The minimum absolute atomic E-state index is 0.0135. The number of rotatable bonds is 8. The predicted octanol–water partition coefficient (Wildman–Crippen LogP) is 2.68. The molecule has 0 aliphatic heterocycles. The van der Waals surface area contributed by atoms with Crippen LogP contribution in [-0.4, -0.2) is 19.1 Å². The molecule has 0 bridgehead atoms. The van der Waals surface area contributed by atoms with Crippen LogP contribution in [0.5, 0.6) is 5.75 Å². The van der Waals surface area contributed by atoms with Crippen molar-refractivity contribution in [3.8, 4) is 5.75 Å². The van der Waals surface area contributed by atoms with Gasteiger partial charge in [0.15, 0.2) is 0 Å². The van der Waals surface area contributed by atoms with Gasteiger partial charge in [-0.1, -0.05) is 6.08 Å². The Kier molecular flexibility index (Phi) is 6.54. The first-order valence-corrected chi connectivity index (χ1v) is 5.98. The first-order valence-electron chi connectivity index (χ1n) is 5.98. The Bertz CT molecular complexity index is 376. The zero-order valence-electron chi connectivity index (χ0n) is 10.3. The fraction of sp³-hybridized carbons (Fsp3) is 0.357. The smallest absolute Gasteiger partial charge is 0.220 e. The highest BCUT2D eigenvalue weighted by molar-refractivity contribution is 5.75. The van der Waals surface area contributed by atoms with E-state index in [2.05, 4.69) is 11.9 Å². The molecule has 0 atom stereocenters. The molecule has 1 rings (SSSR count). The van der Waals surface area contributed by atoms with Gasteiger partial charge in [0.05, 0.1) is 6.61 Å². The van der Waals surface area contributed by atoms with Crippen molar-refractivity contribution in [1.29, 1.82) is 0 Å². The van der Waals surface area contributed by atoms with Crippen LogP contribution in [0.15, 0.2) is 36.9 Å². The lowest BCUT2D eigenvalue weighted by Gasteiger charge is -2.06. The van der Waals surface area contributed by atoms with E-state index in [-0.39, 0.29) is 11.7 Å². The summed E-state index contributed by atoms with van der Waals surface area (Å²) in [5, 5.41) is 2.77. The summed E-state index contributed by atoms with van der Waals surface area (Å²) in [5.41, 5.74) is 0. The standard InChI is InChI=1S/C14H18FNO2/c1-2-3-10-16-14(17)5-4-11-18-13-8-6-12(15)7-9-13/h2,6-9H,1,3-5,10-11H2,(H,16,17). The van der Waals surface area contributed by atoms with Gasteiger partial charge in [-0.2, -0.15) is 0 Å². The quantitative estimate of drug-likeness (QED) is 0.570. The zero-order valence-corrected chi connectivity index (χ0v) is 10.3. The second-order valence-corrected chi connectivity index (χ2v) is 3.83. The number of benzene rings is 1. The van der Waals surface area contributed by atoms with Gasteiger partial charge in [0.1, 0.15) is 11.6 Å². The number of ether oxygens (including phenoxy) is 1. The minimum atomic E-state index is -0.288. The van der Waals surface area contributed by atoms with Crippen LogP contribution in [0, 0.1) is 5.82 Å². The summed E-state index contributed by atoms with van der Waals surface area (Å²) in [6.07, 6.45) is 3.60. The Hall–Kier alpha value is -1.84. The van der Waals surface area contributed by atoms with E-state index in [0.717, 1.165) is 6.42 Å². The molecule has 4 heteroatoms. The van der Waals surface area contributed by atoms with Gasteiger partial charge in [-0.15, -0.1) is 6.58 Å². The number of nitrogens with one attached hydrogen (secondary N) is 1. The van der Waals surface area contributed by atoms with Crippen LogP contribution < -0.4 is 10.1 Å². The third kappa shape index (κ3) is 6.03. The molecule has 0 aliphatic carbocycles. The second kappa shape index (κ2) is 8.28. The molecule has 1 N–H and O–H groups in total. The molecule has 3 nitrogen and oxygen atoms in total. The molecule has 1 amide bonds. The largest absolute Gasteiger partial charge is 0.494 e. The third-order valence-electron chi connectivity index (χ3n) is 2.30. The molecular formula is C14H18FNO2. The lowest BCUT2D eigenvalue weighted by Crippen LogP contribution is -2.24. The molecule has 0 aromatic heterocycles. The molecular weight excluding hydrogens is 233 g/mol. The zero-order chi connectivity index (χ0) is 13.2. The van der Waals surface area contributed by atoms with Crippen LogP contribution in [0.4, 0.5) is 4.39 Å². The number of hydrogen-bond acceptors (Lipinski definition) is 2. The van der Waals surface area contributed by atoms with Crippen molar-refractivity contribution in [2.75, 3.05) is 13.2 Å². The van der Waals surface area contributed by atoms with E-state index in [4.69, 9.17) is 4.74 Å². The van der Waals surface area contributed by atoms with Crippen molar-refractivity contribution < 1.29 is 13.9 Å². The van der Waals surface area contributed by atoms with E-state index in [0.29, 0.717) is 31.7 Å². The number of amides is 1. The van der Waals surface area contributed by atoms with Gasteiger partial charge in [0.2, 0.25) is 5.91 Å². The highest BCUT2D eigenvalue weighted by Crippen LogP contribution is 2.11. The highest BCUT2D eigenvalue weighted by Gasteiger charge is 2.00. The van der Waals surface area contributed by atoms with Crippen molar-refractivity contribution in [1.82, 2.24) is 5.32 Å². The summed E-state index contributed by atoms with van der Waals surface area (Å²) in [5.74, 6) is 0.340. The van der Waals surface area contributed by atoms with Crippen molar-refractivity contribution in [2.45, 2.75) is 19.3 Å². The molecule has 0 spiro atoms. The topological polar surface area (TPSA) is 38.3 Å². The Labute approximate surface area is 107 Å². The maximum Gasteiger partial charge on any atom is 0.220 e. The molecule has 1 aromatic carbocycles. The lowest BCUT2D eigenvalue weighted by molar-refractivity contribution is -0.121. The van der Waals surface area contributed by atoms with Crippen LogP contribution in [0.1, 0.15) is 19.3 Å². The summed E-state index contributed by atoms with van der Waals surface area (Å²) in [7, 11) is 0. The average molecular weight is 251 g/mol. The molecule has 1 aromatic rings. The summed E-state index contributed by atoms with van der Waals surface area (Å²) in [6, 6.07) is 5.83. The monoisotopic (exact) mass is 251 g/mol. The summed E-state index contributed by atoms with van der Waals surface area (Å²) >= 11 is 0. The summed E-state index contributed by atoms with van der Waals surface area (Å²) < 4.78 is 18.0. The van der Waals surface area contributed by atoms with E-state index in [1.54, 1.807) is 18.2 Å². The van der Waals surface area contributed by atoms with Gasteiger partial charge in [-0.05, 0) is 37.1 Å². The molecule has 0 heterocycles. The van der Waals surface area contributed by atoms with Crippen molar-refractivity contribution in [2.24, 2.45) is 0 Å². The van der Waals surface area contributed by atoms with Gasteiger partial charge < -0.3 is 10.1 Å². The van der Waals surface area contributed by atoms with E-state index >= 15 is 0 Å². The molecule has 18 heavy (non-hydrogen) atoms. The minimum Gasteiger partial charge on any atom is -0.494 e. The molecule has 0 unspecified atom stereocenters. The fourth-order valence-corrected chi connectivity index (χ4v) is 1.36. The van der Waals surface area contributed by atoms with E-state index in [9.17, 15) is 9.18 Å². The van der Waals surface area contributed by atoms with Gasteiger partial charge in [-0.25, -0.2) is 4.39 Å². The predicted molar refractivity (Wildman–Crippen MR) is 69.0 cm³/mol.